The van der Waals surface area contributed by atoms with Crippen LogP contribution in [0.25, 0.3) is 11.3 Å². The van der Waals surface area contributed by atoms with Crippen LogP contribution in [0.4, 0.5) is 17.5 Å². The van der Waals surface area contributed by atoms with Gasteiger partial charge in [0.05, 0.1) is 6.20 Å². The molecule has 0 spiro atoms. The zero-order chi connectivity index (χ0) is 19.4. The fourth-order valence-electron chi connectivity index (χ4n) is 2.23. The van der Waals surface area contributed by atoms with Gasteiger partial charge in [-0.1, -0.05) is 0 Å². The van der Waals surface area contributed by atoms with Crippen molar-refractivity contribution in [3.63, 3.8) is 0 Å². The van der Waals surface area contributed by atoms with Gasteiger partial charge < -0.3 is 20.3 Å². The summed E-state index contributed by atoms with van der Waals surface area (Å²) in [6, 6.07) is 6.55. The molecule has 0 radical (unpaired) electrons. The average Bonchev–Trinajstić information content (AvgIpc) is 3.22. The normalized spacial score (nSPS) is 11.6. The van der Waals surface area contributed by atoms with E-state index in [2.05, 4.69) is 20.3 Å². The molecule has 3 aromatic rings. The number of aromatic nitrogens is 3. The van der Waals surface area contributed by atoms with Crippen LogP contribution >= 0.6 is 0 Å². The summed E-state index contributed by atoms with van der Waals surface area (Å²) in [5.41, 5.74) is 6.97. The highest BCUT2D eigenvalue weighted by atomic mass is 16.3. The van der Waals surface area contributed by atoms with Gasteiger partial charge in [-0.15, -0.1) is 0 Å². The van der Waals surface area contributed by atoms with Crippen molar-refractivity contribution in [3.8, 4) is 11.3 Å². The highest BCUT2D eigenvalue weighted by Gasteiger charge is 2.17. The average molecular weight is 367 g/mol. The third-order valence-corrected chi connectivity index (χ3v) is 3.77. The van der Waals surface area contributed by atoms with Gasteiger partial charge in [-0.3, -0.25) is 9.80 Å². The maximum absolute atomic E-state index is 11.7. The van der Waals surface area contributed by atoms with E-state index in [-0.39, 0.29) is 17.3 Å². The molecule has 0 saturated carbocycles. The van der Waals surface area contributed by atoms with E-state index in [1.807, 2.05) is 12.1 Å². The summed E-state index contributed by atoms with van der Waals surface area (Å²) in [5, 5.41) is 4.10. The zero-order valence-corrected chi connectivity index (χ0v) is 14.4. The Hall–Kier alpha value is -3.79. The Balaban J connectivity index is 1.90. The number of rotatable bonds is 7. The summed E-state index contributed by atoms with van der Waals surface area (Å²) in [6.45, 7) is 1.59. The molecule has 0 bridgehead atoms. The molecule has 0 aliphatic rings. The van der Waals surface area contributed by atoms with Crippen molar-refractivity contribution in [2.45, 2.75) is 13.0 Å². The van der Waals surface area contributed by atoms with Gasteiger partial charge in [0.25, 0.3) is 5.91 Å². The summed E-state index contributed by atoms with van der Waals surface area (Å²) >= 11 is 0. The molecular formula is C17H17N7O3. The number of oxazole rings is 1. The predicted molar refractivity (Wildman–Crippen MR) is 98.0 cm³/mol. The first-order valence-electron chi connectivity index (χ1n) is 7.91. The van der Waals surface area contributed by atoms with E-state index in [1.54, 1.807) is 25.3 Å². The van der Waals surface area contributed by atoms with E-state index in [1.165, 1.54) is 12.6 Å². The molecule has 0 fully saturated rings. The number of benzene rings is 1. The van der Waals surface area contributed by atoms with Gasteiger partial charge >= 0.3 is 0 Å². The van der Waals surface area contributed by atoms with E-state index in [0.29, 0.717) is 17.7 Å². The number of primary amides is 1. The van der Waals surface area contributed by atoms with Gasteiger partial charge in [0.2, 0.25) is 5.95 Å². The highest BCUT2D eigenvalue weighted by molar-refractivity contribution is 5.98. The van der Waals surface area contributed by atoms with Gasteiger partial charge in [-0.05, 0) is 31.2 Å². The summed E-state index contributed by atoms with van der Waals surface area (Å²) < 4.78 is 5.24. The van der Waals surface area contributed by atoms with Crippen molar-refractivity contribution >= 4 is 29.6 Å². The Morgan fingerprint density at radius 1 is 1.30 bits per heavy atom. The van der Waals surface area contributed by atoms with Crippen LogP contribution in [0.15, 0.2) is 47.5 Å². The van der Waals surface area contributed by atoms with E-state index in [9.17, 15) is 9.59 Å². The van der Waals surface area contributed by atoms with Crippen LogP contribution in [0.1, 0.15) is 17.3 Å². The maximum atomic E-state index is 11.7. The number of nitrogens with one attached hydrogen (secondary N) is 1. The van der Waals surface area contributed by atoms with Crippen molar-refractivity contribution < 1.29 is 14.0 Å². The lowest BCUT2D eigenvalue weighted by Crippen LogP contribution is -2.41. The first-order chi connectivity index (χ1) is 13.0. The van der Waals surface area contributed by atoms with Crippen molar-refractivity contribution in [2.75, 3.05) is 10.3 Å². The molecule has 0 saturated heterocycles. The minimum absolute atomic E-state index is 0.0698. The summed E-state index contributed by atoms with van der Waals surface area (Å²) in [5.74, 6) is 6.00. The van der Waals surface area contributed by atoms with Crippen LogP contribution in [0.3, 0.4) is 0 Å². The standard InChI is InChI=1S/C17H17N7O3/c1-10(8-25)24(19)17-21-6-13(15(18)26)16(23-17)22-12-4-2-11(3-5-12)14-7-20-9-27-14/h2-10H,19H2,1H3,(H2,18,26)(H,21,22,23)/t10-/m1/s1. The molecule has 2 aromatic heterocycles. The molecule has 1 aromatic carbocycles. The number of aldehydes is 1. The first-order valence-corrected chi connectivity index (χ1v) is 7.91. The summed E-state index contributed by atoms with van der Waals surface area (Å²) in [7, 11) is 0. The molecule has 10 heteroatoms. The Labute approximate surface area is 154 Å². The van der Waals surface area contributed by atoms with Crippen LogP contribution in [0, 0.1) is 0 Å². The Bertz CT molecular complexity index is 942. The monoisotopic (exact) mass is 367 g/mol. The molecule has 0 unspecified atom stereocenters. The van der Waals surface area contributed by atoms with Crippen LogP contribution < -0.4 is 21.9 Å². The molecule has 27 heavy (non-hydrogen) atoms. The van der Waals surface area contributed by atoms with Crippen molar-refractivity contribution in [1.82, 2.24) is 15.0 Å². The number of nitrogens with zero attached hydrogens (tertiary/aromatic N) is 4. The minimum atomic E-state index is -0.700. The Morgan fingerprint density at radius 2 is 2.04 bits per heavy atom. The number of hydrogen-bond donors (Lipinski definition) is 3. The number of anilines is 3. The van der Waals surface area contributed by atoms with Crippen LogP contribution in [0.5, 0.6) is 0 Å². The lowest BCUT2D eigenvalue weighted by molar-refractivity contribution is -0.108. The molecule has 1 amide bonds. The van der Waals surface area contributed by atoms with Gasteiger partial charge in [0, 0.05) is 17.4 Å². The van der Waals surface area contributed by atoms with Crippen LogP contribution in [-0.4, -0.2) is 33.2 Å². The molecular weight excluding hydrogens is 350 g/mol. The molecule has 3 rings (SSSR count). The minimum Gasteiger partial charge on any atom is -0.444 e. The van der Waals surface area contributed by atoms with Crippen molar-refractivity contribution in [1.29, 1.82) is 0 Å². The molecule has 10 nitrogen and oxygen atoms in total. The smallest absolute Gasteiger partial charge is 0.254 e. The van der Waals surface area contributed by atoms with Crippen molar-refractivity contribution in [3.05, 3.63) is 48.6 Å². The second-order valence-electron chi connectivity index (χ2n) is 5.65. The topological polar surface area (TPSA) is 153 Å². The number of hydrazine groups is 1. The van der Waals surface area contributed by atoms with E-state index in [0.717, 1.165) is 10.6 Å². The number of hydrogen-bond acceptors (Lipinski definition) is 9. The van der Waals surface area contributed by atoms with Crippen LogP contribution in [0.2, 0.25) is 0 Å². The predicted octanol–water partition coefficient (Wildman–Crippen LogP) is 1.24. The fourth-order valence-corrected chi connectivity index (χ4v) is 2.23. The van der Waals surface area contributed by atoms with Gasteiger partial charge in [-0.25, -0.2) is 15.8 Å². The Kier molecular flexibility index (Phi) is 5.08. The Morgan fingerprint density at radius 3 is 2.63 bits per heavy atom. The molecule has 1 atom stereocenters. The SMILES string of the molecule is C[C@H](C=O)N(N)c1ncc(C(N)=O)c(Nc2ccc(-c3cnco3)cc2)n1. The number of carbonyl (C=O) groups excluding carboxylic acids is 2. The molecule has 0 aliphatic carbocycles. The van der Waals surface area contributed by atoms with Gasteiger partial charge in [0.1, 0.15) is 23.7 Å². The molecule has 5 N–H and O–H groups in total. The first kappa shape index (κ1) is 18.0. The zero-order valence-electron chi connectivity index (χ0n) is 14.4. The number of amides is 1. The lowest BCUT2D eigenvalue weighted by Gasteiger charge is -2.20. The van der Waals surface area contributed by atoms with Gasteiger partial charge in [0.15, 0.2) is 12.2 Å². The van der Waals surface area contributed by atoms with E-state index in [4.69, 9.17) is 16.0 Å². The third-order valence-electron chi connectivity index (χ3n) is 3.77. The summed E-state index contributed by atoms with van der Waals surface area (Å²) in [6.07, 6.45) is 4.87. The van der Waals surface area contributed by atoms with E-state index < -0.39 is 11.9 Å². The van der Waals surface area contributed by atoms with Gasteiger partial charge in [-0.2, -0.15) is 4.98 Å². The highest BCUT2D eigenvalue weighted by Crippen LogP contribution is 2.24. The van der Waals surface area contributed by atoms with E-state index >= 15 is 0 Å². The fraction of sp³-hybridized carbons (Fsp3) is 0.118. The second kappa shape index (κ2) is 7.62. The quantitative estimate of drug-likeness (QED) is 0.318. The second-order valence-corrected chi connectivity index (χ2v) is 5.65. The lowest BCUT2D eigenvalue weighted by atomic mass is 10.1. The van der Waals surface area contributed by atoms with Crippen LogP contribution in [-0.2, 0) is 4.79 Å². The maximum Gasteiger partial charge on any atom is 0.254 e. The molecule has 138 valence electrons. The third kappa shape index (κ3) is 3.90. The number of nitrogens with two attached hydrogens (primary N) is 2. The van der Waals surface area contributed by atoms with Crippen molar-refractivity contribution in [2.24, 2.45) is 11.6 Å². The molecule has 2 heterocycles. The molecule has 0 aliphatic heterocycles. The summed E-state index contributed by atoms with van der Waals surface area (Å²) in [4.78, 5) is 34.7. The largest absolute Gasteiger partial charge is 0.444 e. The number of carbonyl (C=O) groups is 2.